The minimum Gasteiger partial charge on any atom is -0.296 e. The van der Waals surface area contributed by atoms with Crippen LogP contribution in [0.5, 0.6) is 0 Å². The van der Waals surface area contributed by atoms with Gasteiger partial charge in [-0.1, -0.05) is 23.2 Å². The fourth-order valence-electron chi connectivity index (χ4n) is 3.23. The second-order valence-corrected chi connectivity index (χ2v) is 6.93. The molecular weight excluding hydrogens is 379 g/mol. The van der Waals surface area contributed by atoms with Gasteiger partial charge in [-0.15, -0.1) is 0 Å². The van der Waals surface area contributed by atoms with Crippen LogP contribution in [0.3, 0.4) is 0 Å². The van der Waals surface area contributed by atoms with E-state index in [9.17, 15) is 14.4 Å². The minimum absolute atomic E-state index is 0.194. The normalized spacial score (nSPS) is 11.7. The van der Waals surface area contributed by atoms with Crippen molar-refractivity contribution in [3.63, 3.8) is 0 Å². The van der Waals surface area contributed by atoms with Crippen LogP contribution in [0.1, 0.15) is 0 Å². The molecule has 3 aromatic heterocycles. The molecule has 0 fully saturated rings. The van der Waals surface area contributed by atoms with Crippen molar-refractivity contribution in [3.05, 3.63) is 59.4 Å². The van der Waals surface area contributed by atoms with Gasteiger partial charge in [0.1, 0.15) is 11.0 Å². The van der Waals surface area contributed by atoms with Crippen molar-refractivity contribution < 1.29 is 0 Å². The first-order valence-electron chi connectivity index (χ1n) is 7.60. The number of pyridine rings is 2. The largest absolute Gasteiger partial charge is 0.332 e. The average Bonchev–Trinajstić information content (AvgIpc) is 2.61. The SMILES string of the molecule is Cn1c(=O)c2c3nc4cc(Cl)c(Cl)cc4cc3c(=O)n(C)c2n(C)c1=O. The standard InChI is InChI=1S/C17H12Cl2N4O3/c1-21-14-12(16(25)23(3)17(26)22(14)2)13-8(15(21)24)4-7-5-9(18)10(19)6-11(7)20-13/h4-6H,1-3H3. The lowest BCUT2D eigenvalue weighted by Crippen LogP contribution is -2.39. The molecule has 3 heterocycles. The molecule has 0 saturated heterocycles. The van der Waals surface area contributed by atoms with Gasteiger partial charge in [-0.25, -0.2) is 9.78 Å². The quantitative estimate of drug-likeness (QED) is 0.339. The van der Waals surface area contributed by atoms with Crippen molar-refractivity contribution in [2.45, 2.75) is 0 Å². The summed E-state index contributed by atoms with van der Waals surface area (Å²) in [6.45, 7) is 0. The zero-order valence-electron chi connectivity index (χ0n) is 14.0. The van der Waals surface area contributed by atoms with Crippen LogP contribution in [0.4, 0.5) is 0 Å². The number of benzene rings is 1. The van der Waals surface area contributed by atoms with Crippen LogP contribution >= 0.6 is 23.2 Å². The molecule has 0 aliphatic carbocycles. The van der Waals surface area contributed by atoms with Gasteiger partial charge >= 0.3 is 5.69 Å². The molecule has 1 aromatic carbocycles. The van der Waals surface area contributed by atoms with E-state index in [1.54, 1.807) is 18.2 Å². The number of rotatable bonds is 0. The van der Waals surface area contributed by atoms with Crippen molar-refractivity contribution >= 4 is 56.0 Å². The molecule has 4 aromatic rings. The summed E-state index contributed by atoms with van der Waals surface area (Å²) >= 11 is 12.1. The highest BCUT2D eigenvalue weighted by molar-refractivity contribution is 6.42. The topological polar surface area (TPSA) is 78.9 Å². The summed E-state index contributed by atoms with van der Waals surface area (Å²) in [5.74, 6) is 0. The fraction of sp³-hybridized carbons (Fsp3) is 0.176. The van der Waals surface area contributed by atoms with Crippen molar-refractivity contribution in [1.82, 2.24) is 18.7 Å². The molecule has 0 amide bonds. The highest BCUT2D eigenvalue weighted by Crippen LogP contribution is 2.29. The van der Waals surface area contributed by atoms with Gasteiger partial charge in [0.15, 0.2) is 0 Å². The smallest absolute Gasteiger partial charge is 0.296 e. The maximum atomic E-state index is 12.8. The van der Waals surface area contributed by atoms with E-state index < -0.39 is 11.2 Å². The maximum absolute atomic E-state index is 12.8. The van der Waals surface area contributed by atoms with Crippen molar-refractivity contribution in [2.75, 3.05) is 0 Å². The van der Waals surface area contributed by atoms with Crippen LogP contribution in [-0.4, -0.2) is 18.7 Å². The summed E-state index contributed by atoms with van der Waals surface area (Å²) in [4.78, 5) is 42.4. The van der Waals surface area contributed by atoms with Crippen LogP contribution in [0.25, 0.3) is 32.8 Å². The van der Waals surface area contributed by atoms with Gasteiger partial charge in [0.05, 0.1) is 26.5 Å². The van der Waals surface area contributed by atoms with Gasteiger partial charge in [-0.2, -0.15) is 0 Å². The van der Waals surface area contributed by atoms with E-state index in [2.05, 4.69) is 4.98 Å². The molecule has 0 bridgehead atoms. The molecule has 0 saturated carbocycles. The third-order valence-electron chi connectivity index (χ3n) is 4.58. The molecule has 0 N–H and O–H groups in total. The molecule has 0 spiro atoms. The molecule has 0 aliphatic heterocycles. The van der Waals surface area contributed by atoms with E-state index in [1.165, 1.54) is 30.3 Å². The van der Waals surface area contributed by atoms with E-state index in [0.717, 1.165) is 4.57 Å². The molecule has 0 aliphatic rings. The first-order chi connectivity index (χ1) is 12.2. The Morgan fingerprint density at radius 1 is 0.846 bits per heavy atom. The van der Waals surface area contributed by atoms with Crippen molar-refractivity contribution in [1.29, 1.82) is 0 Å². The average molecular weight is 391 g/mol. The summed E-state index contributed by atoms with van der Waals surface area (Å²) < 4.78 is 3.54. The van der Waals surface area contributed by atoms with E-state index in [0.29, 0.717) is 20.9 Å². The predicted molar refractivity (Wildman–Crippen MR) is 102 cm³/mol. The van der Waals surface area contributed by atoms with E-state index in [1.807, 2.05) is 0 Å². The van der Waals surface area contributed by atoms with E-state index >= 15 is 0 Å². The van der Waals surface area contributed by atoms with Crippen LogP contribution in [0.2, 0.25) is 10.0 Å². The number of hydrogen-bond acceptors (Lipinski definition) is 4. The molecule has 7 nitrogen and oxygen atoms in total. The number of nitrogens with zero attached hydrogens (tertiary/aromatic N) is 4. The Bertz CT molecular complexity index is 1450. The van der Waals surface area contributed by atoms with Gasteiger partial charge in [0, 0.05) is 26.5 Å². The lowest BCUT2D eigenvalue weighted by Gasteiger charge is -2.13. The third kappa shape index (κ3) is 2.07. The van der Waals surface area contributed by atoms with Gasteiger partial charge in [-0.3, -0.25) is 23.3 Å². The highest BCUT2D eigenvalue weighted by Gasteiger charge is 2.19. The first kappa shape index (κ1) is 16.8. The number of halogens is 2. The van der Waals surface area contributed by atoms with Crippen LogP contribution in [-0.2, 0) is 21.1 Å². The van der Waals surface area contributed by atoms with Gasteiger partial charge in [-0.05, 0) is 18.2 Å². The van der Waals surface area contributed by atoms with Crippen molar-refractivity contribution in [2.24, 2.45) is 21.1 Å². The van der Waals surface area contributed by atoms with Gasteiger partial charge in [0.2, 0.25) is 0 Å². The number of aryl methyl sites for hydroxylation is 2. The molecule has 0 radical (unpaired) electrons. The Kier molecular flexibility index (Phi) is 3.51. The Morgan fingerprint density at radius 2 is 1.50 bits per heavy atom. The fourth-order valence-corrected chi connectivity index (χ4v) is 3.56. The number of hydrogen-bond donors (Lipinski definition) is 0. The second kappa shape index (κ2) is 5.43. The zero-order valence-corrected chi connectivity index (χ0v) is 15.5. The Morgan fingerprint density at radius 3 is 2.19 bits per heavy atom. The summed E-state index contributed by atoms with van der Waals surface area (Å²) in [7, 11) is 4.41. The molecule has 9 heteroatoms. The monoisotopic (exact) mass is 390 g/mol. The summed E-state index contributed by atoms with van der Waals surface area (Å²) in [5, 5.41) is 1.75. The lowest BCUT2D eigenvalue weighted by molar-refractivity contribution is 0.691. The summed E-state index contributed by atoms with van der Waals surface area (Å²) in [6.07, 6.45) is 0. The van der Waals surface area contributed by atoms with E-state index in [-0.39, 0.29) is 27.5 Å². The maximum Gasteiger partial charge on any atom is 0.332 e. The molecule has 0 atom stereocenters. The Balaban J connectivity index is 2.42. The number of aromatic nitrogens is 4. The molecule has 132 valence electrons. The van der Waals surface area contributed by atoms with E-state index in [4.69, 9.17) is 23.2 Å². The molecule has 26 heavy (non-hydrogen) atoms. The third-order valence-corrected chi connectivity index (χ3v) is 5.30. The second-order valence-electron chi connectivity index (χ2n) is 6.11. The highest BCUT2D eigenvalue weighted by atomic mass is 35.5. The zero-order chi connectivity index (χ0) is 18.9. The predicted octanol–water partition coefficient (Wildman–Crippen LogP) is 1.94. The molecular formula is C17H12Cl2N4O3. The number of fused-ring (bicyclic) bond motifs is 4. The molecule has 0 unspecified atom stereocenters. The minimum atomic E-state index is -0.521. The van der Waals surface area contributed by atoms with Gasteiger partial charge in [0.25, 0.3) is 11.1 Å². The Labute approximate surface area is 155 Å². The lowest BCUT2D eigenvalue weighted by atomic mass is 10.1. The Hall–Kier alpha value is -2.64. The van der Waals surface area contributed by atoms with Gasteiger partial charge < -0.3 is 0 Å². The van der Waals surface area contributed by atoms with Crippen molar-refractivity contribution in [3.8, 4) is 0 Å². The summed E-state index contributed by atoms with van der Waals surface area (Å²) in [5.41, 5.74) is -0.468. The summed E-state index contributed by atoms with van der Waals surface area (Å²) in [6, 6.07) is 4.83. The van der Waals surface area contributed by atoms with Crippen LogP contribution < -0.4 is 16.8 Å². The van der Waals surface area contributed by atoms with Crippen LogP contribution in [0.15, 0.2) is 32.6 Å². The van der Waals surface area contributed by atoms with Crippen LogP contribution in [0, 0.1) is 0 Å². The molecule has 4 rings (SSSR count). The first-order valence-corrected chi connectivity index (χ1v) is 8.36.